The maximum absolute atomic E-state index is 12.3. The fourth-order valence-electron chi connectivity index (χ4n) is 4.10. The van der Waals surface area contributed by atoms with Crippen LogP contribution in [0, 0.1) is 0 Å². The molecule has 2 saturated heterocycles. The fourth-order valence-corrected chi connectivity index (χ4v) is 5.65. The second kappa shape index (κ2) is 10.1. The summed E-state index contributed by atoms with van der Waals surface area (Å²) in [5.41, 5.74) is 0.678. The number of nitrogens with zero attached hydrogens (tertiary/aromatic N) is 1. The summed E-state index contributed by atoms with van der Waals surface area (Å²) in [5, 5.41) is 22.5. The normalized spacial score (nSPS) is 21.6. The molecule has 1 aromatic heterocycles. The number of pyridine rings is 1. The van der Waals surface area contributed by atoms with Gasteiger partial charge in [-0.2, -0.15) is 11.8 Å². The number of para-hydroxylation sites is 1. The van der Waals surface area contributed by atoms with Gasteiger partial charge in [0, 0.05) is 42.0 Å². The summed E-state index contributed by atoms with van der Waals surface area (Å²) in [7, 11) is 0. The van der Waals surface area contributed by atoms with Crippen molar-refractivity contribution in [3.05, 3.63) is 36.0 Å². The zero-order chi connectivity index (χ0) is 22.5. The SMILES string of the molecule is O=C(CCCC[C@@H]1SC[C@@H]2NC(=O)N[C@@H]21)NCCNC(=O)c1cc(O)c2ccccc2n1. The highest BCUT2D eigenvalue weighted by Gasteiger charge is 2.42. The van der Waals surface area contributed by atoms with Crippen molar-refractivity contribution in [3.63, 3.8) is 0 Å². The van der Waals surface area contributed by atoms with Gasteiger partial charge in [-0.25, -0.2) is 9.78 Å². The lowest BCUT2D eigenvalue weighted by molar-refractivity contribution is -0.121. The van der Waals surface area contributed by atoms with E-state index in [-0.39, 0.29) is 42.0 Å². The van der Waals surface area contributed by atoms with Crippen LogP contribution in [0.4, 0.5) is 4.79 Å². The van der Waals surface area contributed by atoms with Gasteiger partial charge in [-0.15, -0.1) is 0 Å². The summed E-state index contributed by atoms with van der Waals surface area (Å²) in [6.07, 6.45) is 3.12. The lowest BCUT2D eigenvalue weighted by Crippen LogP contribution is -2.36. The third kappa shape index (κ3) is 5.24. The zero-order valence-corrected chi connectivity index (χ0v) is 18.4. The first-order valence-corrected chi connectivity index (χ1v) is 11.9. The molecule has 0 spiro atoms. The van der Waals surface area contributed by atoms with E-state index in [0.29, 0.717) is 29.1 Å². The Morgan fingerprint density at radius 2 is 1.97 bits per heavy atom. The summed E-state index contributed by atoms with van der Waals surface area (Å²) in [4.78, 5) is 40.0. The molecule has 32 heavy (non-hydrogen) atoms. The Bertz CT molecular complexity index is 1020. The van der Waals surface area contributed by atoms with Crippen molar-refractivity contribution in [1.82, 2.24) is 26.3 Å². The molecule has 0 radical (unpaired) electrons. The Labute approximate surface area is 190 Å². The van der Waals surface area contributed by atoms with Crippen molar-refractivity contribution >= 4 is 40.5 Å². The molecule has 0 aliphatic carbocycles. The second-order valence-corrected chi connectivity index (χ2v) is 9.29. The van der Waals surface area contributed by atoms with E-state index in [9.17, 15) is 19.5 Å². The Balaban J connectivity index is 1.11. The predicted molar refractivity (Wildman–Crippen MR) is 123 cm³/mol. The number of amides is 4. The molecule has 0 bridgehead atoms. The van der Waals surface area contributed by atoms with Crippen LogP contribution in [-0.2, 0) is 4.79 Å². The molecule has 2 aromatic rings. The first kappa shape index (κ1) is 22.2. The quantitative estimate of drug-likeness (QED) is 0.286. The van der Waals surface area contributed by atoms with Crippen LogP contribution < -0.4 is 21.3 Å². The molecule has 2 aliphatic heterocycles. The van der Waals surface area contributed by atoms with Crippen molar-refractivity contribution in [1.29, 1.82) is 0 Å². The zero-order valence-electron chi connectivity index (χ0n) is 17.6. The lowest BCUT2D eigenvalue weighted by Gasteiger charge is -2.16. The second-order valence-electron chi connectivity index (χ2n) is 8.02. The number of urea groups is 1. The van der Waals surface area contributed by atoms with Gasteiger partial charge >= 0.3 is 6.03 Å². The molecular formula is C22H27N5O4S. The topological polar surface area (TPSA) is 132 Å². The number of carbonyl (C=O) groups is 3. The number of hydrogen-bond acceptors (Lipinski definition) is 6. The Morgan fingerprint density at radius 3 is 2.84 bits per heavy atom. The monoisotopic (exact) mass is 457 g/mol. The third-order valence-electron chi connectivity index (χ3n) is 5.74. The van der Waals surface area contributed by atoms with Gasteiger partial charge in [0.15, 0.2) is 0 Å². The molecule has 10 heteroatoms. The number of unbranched alkanes of at least 4 members (excludes halogenated alkanes) is 1. The maximum Gasteiger partial charge on any atom is 0.315 e. The highest BCUT2D eigenvalue weighted by molar-refractivity contribution is 8.00. The van der Waals surface area contributed by atoms with Crippen LogP contribution in [0.15, 0.2) is 30.3 Å². The summed E-state index contributed by atoms with van der Waals surface area (Å²) in [6.45, 7) is 0.596. The minimum Gasteiger partial charge on any atom is -0.507 e. The van der Waals surface area contributed by atoms with Crippen molar-refractivity contribution in [3.8, 4) is 5.75 Å². The smallest absolute Gasteiger partial charge is 0.315 e. The summed E-state index contributed by atoms with van der Waals surface area (Å²) >= 11 is 1.88. The average Bonchev–Trinajstić information content (AvgIpc) is 3.33. The van der Waals surface area contributed by atoms with Crippen molar-refractivity contribution < 1.29 is 19.5 Å². The van der Waals surface area contributed by atoms with Crippen LogP contribution in [0.25, 0.3) is 10.9 Å². The van der Waals surface area contributed by atoms with Gasteiger partial charge in [0.1, 0.15) is 11.4 Å². The largest absolute Gasteiger partial charge is 0.507 e. The van der Waals surface area contributed by atoms with Gasteiger partial charge in [-0.05, 0) is 25.0 Å². The molecule has 1 aromatic carbocycles. The Morgan fingerprint density at radius 1 is 1.16 bits per heavy atom. The molecule has 2 fully saturated rings. The van der Waals surface area contributed by atoms with Gasteiger partial charge in [0.05, 0.1) is 17.6 Å². The van der Waals surface area contributed by atoms with Gasteiger partial charge in [0.25, 0.3) is 5.91 Å². The van der Waals surface area contributed by atoms with Crippen LogP contribution in [0.1, 0.15) is 36.2 Å². The number of nitrogens with one attached hydrogen (secondary N) is 4. The molecule has 3 atom stereocenters. The minimum atomic E-state index is -0.402. The number of hydrogen-bond donors (Lipinski definition) is 5. The number of carbonyl (C=O) groups excluding carboxylic acids is 3. The van der Waals surface area contributed by atoms with E-state index in [1.807, 2.05) is 11.8 Å². The highest BCUT2D eigenvalue weighted by Crippen LogP contribution is 2.33. The first-order valence-electron chi connectivity index (χ1n) is 10.8. The molecule has 9 nitrogen and oxygen atoms in total. The van der Waals surface area contributed by atoms with Crippen LogP contribution in [0.2, 0.25) is 0 Å². The summed E-state index contributed by atoms with van der Waals surface area (Å²) in [5.74, 6) is 0.496. The Kier molecular flexibility index (Phi) is 6.99. The van der Waals surface area contributed by atoms with Gasteiger partial charge in [-0.3, -0.25) is 9.59 Å². The van der Waals surface area contributed by atoms with Crippen molar-refractivity contribution in [2.45, 2.75) is 43.0 Å². The third-order valence-corrected chi connectivity index (χ3v) is 7.25. The van der Waals surface area contributed by atoms with Crippen molar-refractivity contribution in [2.75, 3.05) is 18.8 Å². The maximum atomic E-state index is 12.3. The van der Waals surface area contributed by atoms with E-state index in [2.05, 4.69) is 26.3 Å². The van der Waals surface area contributed by atoms with Crippen LogP contribution in [-0.4, -0.2) is 64.1 Å². The van der Waals surface area contributed by atoms with E-state index < -0.39 is 5.91 Å². The van der Waals surface area contributed by atoms with Crippen LogP contribution in [0.5, 0.6) is 5.75 Å². The van der Waals surface area contributed by atoms with Crippen molar-refractivity contribution in [2.24, 2.45) is 0 Å². The molecule has 3 heterocycles. The van der Waals surface area contributed by atoms with Crippen LogP contribution >= 0.6 is 11.8 Å². The van der Waals surface area contributed by atoms with Gasteiger partial charge < -0.3 is 26.4 Å². The molecule has 5 N–H and O–H groups in total. The Hall–Kier alpha value is -3.01. The van der Waals surface area contributed by atoms with Gasteiger partial charge in [0.2, 0.25) is 5.91 Å². The lowest BCUT2D eigenvalue weighted by atomic mass is 10.0. The van der Waals surface area contributed by atoms with E-state index >= 15 is 0 Å². The molecule has 0 unspecified atom stereocenters. The predicted octanol–water partition coefficient (Wildman–Crippen LogP) is 1.51. The fraction of sp³-hybridized carbons (Fsp3) is 0.455. The highest BCUT2D eigenvalue weighted by atomic mass is 32.2. The summed E-state index contributed by atoms with van der Waals surface area (Å²) in [6, 6.07) is 8.74. The number of aromatic nitrogens is 1. The average molecular weight is 458 g/mol. The number of thioether (sulfide) groups is 1. The first-order chi connectivity index (χ1) is 15.5. The molecule has 0 saturated carbocycles. The molecule has 2 aliphatic rings. The number of rotatable bonds is 9. The number of aromatic hydroxyl groups is 1. The standard InChI is InChI=1S/C22H27N5O4S/c28-17-11-15(25-14-6-2-1-5-13(14)17)21(30)24-10-9-23-19(29)8-4-3-7-18-20-16(12-32-18)26-22(31)27-20/h1-2,5-6,11,16,18,20H,3-4,7-10,12H2,(H,23,29)(H,24,30)(H,25,28)(H2,26,27,31)/t16-,18-,20-/m0/s1. The van der Waals surface area contributed by atoms with E-state index in [4.69, 9.17) is 0 Å². The van der Waals surface area contributed by atoms with E-state index in [1.165, 1.54) is 6.07 Å². The molecular weight excluding hydrogens is 430 g/mol. The molecule has 170 valence electrons. The number of fused-ring (bicyclic) bond motifs is 2. The van der Waals surface area contributed by atoms with Gasteiger partial charge in [-0.1, -0.05) is 18.6 Å². The number of benzene rings is 1. The molecule has 4 rings (SSSR count). The minimum absolute atomic E-state index is 0.00662. The van der Waals surface area contributed by atoms with E-state index in [0.717, 1.165) is 25.0 Å². The van der Waals surface area contributed by atoms with E-state index in [1.54, 1.807) is 24.3 Å². The molecule has 4 amide bonds. The summed E-state index contributed by atoms with van der Waals surface area (Å²) < 4.78 is 0. The van der Waals surface area contributed by atoms with Crippen LogP contribution in [0.3, 0.4) is 0 Å².